The van der Waals surface area contributed by atoms with E-state index in [1.54, 1.807) is 0 Å². The molecule has 3 nitrogen and oxygen atoms in total. The van der Waals surface area contributed by atoms with E-state index in [-0.39, 0.29) is 11.8 Å². The molecule has 0 saturated carbocycles. The molecule has 0 amide bonds. The second-order valence-corrected chi connectivity index (χ2v) is 9.26. The molecule has 1 aliphatic rings. The Hall–Kier alpha value is -3.59. The summed E-state index contributed by atoms with van der Waals surface area (Å²) in [6.45, 7) is 4.63. The Labute approximate surface area is 189 Å². The summed E-state index contributed by atoms with van der Waals surface area (Å²) in [7, 11) is 0. The van der Waals surface area contributed by atoms with E-state index in [4.69, 9.17) is 5.11 Å². The molecule has 1 heterocycles. The van der Waals surface area contributed by atoms with Crippen LogP contribution in [0.4, 0.5) is 0 Å². The average Bonchev–Trinajstić information content (AvgIpc) is 3.17. The smallest absolute Gasteiger partial charge is 0.303 e. The molecular weight excluding hydrogens is 394 g/mol. The number of aryl methyl sites for hydroxylation is 1. The highest BCUT2D eigenvalue weighted by Gasteiger charge is 2.34. The molecule has 3 aromatic carbocycles. The van der Waals surface area contributed by atoms with E-state index in [1.165, 1.54) is 33.6 Å². The first-order chi connectivity index (χ1) is 15.4. The van der Waals surface area contributed by atoms with Crippen LogP contribution in [0.1, 0.15) is 37.1 Å². The van der Waals surface area contributed by atoms with Crippen LogP contribution in [0.5, 0.6) is 0 Å². The van der Waals surface area contributed by atoms with Crippen molar-refractivity contribution in [2.24, 2.45) is 0 Å². The largest absolute Gasteiger partial charge is 0.481 e. The third kappa shape index (κ3) is 3.54. The maximum atomic E-state index is 11.1. The van der Waals surface area contributed by atoms with Gasteiger partial charge in [-0.05, 0) is 58.7 Å². The molecule has 1 aromatic heterocycles. The van der Waals surface area contributed by atoms with Crippen molar-refractivity contribution < 1.29 is 9.90 Å². The van der Waals surface area contributed by atoms with E-state index in [0.29, 0.717) is 6.42 Å². The topological polar surface area (TPSA) is 42.2 Å². The number of aromatic nitrogens is 1. The van der Waals surface area contributed by atoms with Crippen molar-refractivity contribution in [1.29, 1.82) is 0 Å². The van der Waals surface area contributed by atoms with Crippen molar-refractivity contribution in [3.05, 3.63) is 102 Å². The third-order valence-corrected chi connectivity index (χ3v) is 6.52. The molecule has 0 fully saturated rings. The Morgan fingerprint density at radius 2 is 1.66 bits per heavy atom. The summed E-state index contributed by atoms with van der Waals surface area (Å²) in [5.74, 6) is -0.767. The Morgan fingerprint density at radius 3 is 2.44 bits per heavy atom. The van der Waals surface area contributed by atoms with E-state index in [0.717, 1.165) is 17.7 Å². The van der Waals surface area contributed by atoms with Crippen LogP contribution in [0.3, 0.4) is 0 Å². The van der Waals surface area contributed by atoms with Gasteiger partial charge in [-0.25, -0.2) is 0 Å². The first-order valence-corrected chi connectivity index (χ1v) is 11.1. The SMILES string of the molecule is CC1(C)Cc2c(cc(-c3ccccc3)n2-c2cccc(CCC(=O)O)c2)-c2ccccc21. The summed E-state index contributed by atoms with van der Waals surface area (Å²) >= 11 is 0. The number of carboxylic acids is 1. The number of rotatable bonds is 5. The van der Waals surface area contributed by atoms with Crippen LogP contribution in [0.2, 0.25) is 0 Å². The zero-order valence-electron chi connectivity index (χ0n) is 18.5. The maximum absolute atomic E-state index is 11.1. The fourth-order valence-corrected chi connectivity index (χ4v) is 5.00. The molecule has 1 aliphatic carbocycles. The van der Waals surface area contributed by atoms with Gasteiger partial charge in [0.25, 0.3) is 0 Å². The number of benzene rings is 3. The standard InChI is InChI=1S/C29H27NO2/c1-29(2)19-27-24(23-13-6-7-14-25(23)29)18-26(21-10-4-3-5-11-21)30(27)22-12-8-9-20(17-22)15-16-28(31)32/h3-14,17-18H,15-16,19H2,1-2H3,(H,31,32). The molecule has 4 aromatic rings. The molecule has 0 bridgehead atoms. The van der Waals surface area contributed by atoms with Crippen LogP contribution >= 0.6 is 0 Å². The number of hydrogen-bond acceptors (Lipinski definition) is 1. The highest BCUT2D eigenvalue weighted by Crippen LogP contribution is 2.46. The number of hydrogen-bond donors (Lipinski definition) is 1. The molecule has 1 N–H and O–H groups in total. The van der Waals surface area contributed by atoms with Gasteiger partial charge in [0.05, 0.1) is 5.69 Å². The monoisotopic (exact) mass is 421 g/mol. The lowest BCUT2D eigenvalue weighted by molar-refractivity contribution is -0.136. The Bertz CT molecular complexity index is 1300. The fourth-order valence-electron chi connectivity index (χ4n) is 5.00. The Kier molecular flexibility index (Phi) is 4.97. The predicted octanol–water partition coefficient (Wildman–Crippen LogP) is 6.66. The maximum Gasteiger partial charge on any atom is 0.303 e. The van der Waals surface area contributed by atoms with Gasteiger partial charge >= 0.3 is 5.97 Å². The number of fused-ring (bicyclic) bond motifs is 3. The third-order valence-electron chi connectivity index (χ3n) is 6.52. The average molecular weight is 422 g/mol. The van der Waals surface area contributed by atoms with Crippen LogP contribution in [0, 0.1) is 0 Å². The minimum atomic E-state index is -0.767. The highest BCUT2D eigenvalue weighted by atomic mass is 16.4. The second-order valence-electron chi connectivity index (χ2n) is 9.26. The number of carbonyl (C=O) groups is 1. The van der Waals surface area contributed by atoms with Crippen LogP contribution in [-0.4, -0.2) is 15.6 Å². The molecule has 0 radical (unpaired) electrons. The van der Waals surface area contributed by atoms with Crippen LogP contribution < -0.4 is 0 Å². The minimum absolute atomic E-state index is 0.0224. The van der Waals surface area contributed by atoms with Crippen molar-refractivity contribution >= 4 is 5.97 Å². The van der Waals surface area contributed by atoms with Gasteiger partial charge in [-0.2, -0.15) is 0 Å². The van der Waals surface area contributed by atoms with Crippen molar-refractivity contribution in [2.75, 3.05) is 0 Å². The number of carboxylic acid groups (broad SMARTS) is 1. The van der Waals surface area contributed by atoms with E-state index in [1.807, 2.05) is 18.2 Å². The second kappa shape index (κ2) is 7.83. The van der Waals surface area contributed by atoms with Gasteiger partial charge in [0.15, 0.2) is 0 Å². The summed E-state index contributed by atoms with van der Waals surface area (Å²) in [4.78, 5) is 11.1. The first kappa shape index (κ1) is 20.3. The van der Waals surface area contributed by atoms with Gasteiger partial charge in [-0.15, -0.1) is 0 Å². The quantitative estimate of drug-likeness (QED) is 0.391. The van der Waals surface area contributed by atoms with Gasteiger partial charge < -0.3 is 9.67 Å². The fraction of sp³-hybridized carbons (Fsp3) is 0.207. The summed E-state index contributed by atoms with van der Waals surface area (Å²) in [6.07, 6.45) is 1.60. The van der Waals surface area contributed by atoms with Crippen molar-refractivity contribution in [2.45, 2.75) is 38.5 Å². The first-order valence-electron chi connectivity index (χ1n) is 11.1. The highest BCUT2D eigenvalue weighted by molar-refractivity contribution is 5.81. The van der Waals surface area contributed by atoms with Crippen molar-refractivity contribution in [3.8, 4) is 28.1 Å². The van der Waals surface area contributed by atoms with Gasteiger partial charge in [0.2, 0.25) is 0 Å². The summed E-state index contributed by atoms with van der Waals surface area (Å²) in [5.41, 5.74) is 9.78. The van der Waals surface area contributed by atoms with Crippen LogP contribution in [0.25, 0.3) is 28.1 Å². The molecule has 0 unspecified atom stereocenters. The number of nitrogens with zero attached hydrogens (tertiary/aromatic N) is 1. The van der Waals surface area contributed by atoms with Gasteiger partial charge in [0.1, 0.15) is 0 Å². The lowest BCUT2D eigenvalue weighted by Gasteiger charge is -2.33. The molecule has 0 spiro atoms. The van der Waals surface area contributed by atoms with Crippen molar-refractivity contribution in [1.82, 2.24) is 4.57 Å². The minimum Gasteiger partial charge on any atom is -0.481 e. The zero-order valence-corrected chi connectivity index (χ0v) is 18.5. The van der Waals surface area contributed by atoms with Gasteiger partial charge in [-0.1, -0.05) is 80.6 Å². The Morgan fingerprint density at radius 1 is 0.906 bits per heavy atom. The van der Waals surface area contributed by atoms with E-state index >= 15 is 0 Å². The summed E-state index contributed by atoms with van der Waals surface area (Å²) < 4.78 is 2.38. The predicted molar refractivity (Wildman–Crippen MR) is 129 cm³/mol. The van der Waals surface area contributed by atoms with E-state index in [9.17, 15) is 4.79 Å². The molecule has 0 aliphatic heterocycles. The van der Waals surface area contributed by atoms with Gasteiger partial charge in [-0.3, -0.25) is 4.79 Å². The zero-order chi connectivity index (χ0) is 22.3. The molecule has 3 heteroatoms. The summed E-state index contributed by atoms with van der Waals surface area (Å²) in [5, 5.41) is 9.12. The molecule has 0 saturated heterocycles. The van der Waals surface area contributed by atoms with E-state index in [2.05, 4.69) is 85.1 Å². The normalized spacial score (nSPS) is 13.9. The molecule has 32 heavy (non-hydrogen) atoms. The molecule has 5 rings (SSSR count). The van der Waals surface area contributed by atoms with E-state index < -0.39 is 5.97 Å². The van der Waals surface area contributed by atoms with Gasteiger partial charge in [0, 0.05) is 23.4 Å². The molecular formula is C29H27NO2. The number of aliphatic carboxylic acids is 1. The van der Waals surface area contributed by atoms with Crippen molar-refractivity contribution in [3.63, 3.8) is 0 Å². The van der Waals surface area contributed by atoms with Crippen LogP contribution in [0.15, 0.2) is 84.9 Å². The lowest BCUT2D eigenvalue weighted by atomic mass is 9.72. The van der Waals surface area contributed by atoms with Crippen LogP contribution in [-0.2, 0) is 23.1 Å². The Balaban J connectivity index is 1.74. The molecule has 160 valence electrons. The molecule has 0 atom stereocenters. The lowest BCUT2D eigenvalue weighted by Crippen LogP contribution is -2.26. The summed E-state index contributed by atoms with van der Waals surface area (Å²) in [6, 6.07) is 29.9.